The lowest BCUT2D eigenvalue weighted by Crippen LogP contribution is -2.30. The standard InChI is InChI=1S/C23H21N3O4S/c27-17-9-7-15(8-10-17)18-12-19(20-2-1-11-31-20)25-21(18)23(29)24-13-14-3-5-16(6-4-14)22(28)26-30/h1-11,19,25,27,30H,12-13H2,(H,24,29)(H,26,28). The highest BCUT2D eigenvalue weighted by atomic mass is 32.1. The van der Waals surface area contributed by atoms with Gasteiger partial charge < -0.3 is 15.7 Å². The van der Waals surface area contributed by atoms with Crippen molar-refractivity contribution in [2.45, 2.75) is 19.0 Å². The van der Waals surface area contributed by atoms with E-state index < -0.39 is 5.91 Å². The summed E-state index contributed by atoms with van der Waals surface area (Å²) in [5, 5.41) is 26.6. The molecule has 3 aromatic rings. The summed E-state index contributed by atoms with van der Waals surface area (Å²) < 4.78 is 0. The number of hydroxylamine groups is 1. The van der Waals surface area contributed by atoms with E-state index in [1.165, 1.54) is 0 Å². The van der Waals surface area contributed by atoms with Crippen molar-refractivity contribution in [3.05, 3.63) is 93.3 Å². The molecule has 1 unspecified atom stereocenters. The zero-order valence-electron chi connectivity index (χ0n) is 16.5. The molecule has 5 N–H and O–H groups in total. The minimum absolute atomic E-state index is 0.0147. The molecule has 0 saturated carbocycles. The molecule has 2 heterocycles. The highest BCUT2D eigenvalue weighted by molar-refractivity contribution is 7.10. The van der Waals surface area contributed by atoms with E-state index in [0.29, 0.717) is 17.7 Å². The molecule has 31 heavy (non-hydrogen) atoms. The van der Waals surface area contributed by atoms with Gasteiger partial charge in [-0.15, -0.1) is 11.3 Å². The van der Waals surface area contributed by atoms with Crippen molar-refractivity contribution in [1.29, 1.82) is 0 Å². The molecule has 158 valence electrons. The molecule has 8 heteroatoms. The van der Waals surface area contributed by atoms with Crippen LogP contribution in [0.2, 0.25) is 0 Å². The van der Waals surface area contributed by atoms with Gasteiger partial charge >= 0.3 is 0 Å². The maximum atomic E-state index is 13.0. The Morgan fingerprint density at radius 3 is 2.42 bits per heavy atom. The van der Waals surface area contributed by atoms with Crippen molar-refractivity contribution in [2.75, 3.05) is 0 Å². The maximum absolute atomic E-state index is 13.0. The normalized spacial score (nSPS) is 15.5. The van der Waals surface area contributed by atoms with Crippen LogP contribution in [0.4, 0.5) is 0 Å². The van der Waals surface area contributed by atoms with Crippen molar-refractivity contribution in [3.63, 3.8) is 0 Å². The van der Waals surface area contributed by atoms with Gasteiger partial charge in [0.25, 0.3) is 11.8 Å². The lowest BCUT2D eigenvalue weighted by molar-refractivity contribution is -0.117. The minimum Gasteiger partial charge on any atom is -0.508 e. The Labute approximate surface area is 183 Å². The molecule has 0 bridgehead atoms. The van der Waals surface area contributed by atoms with Gasteiger partial charge in [-0.2, -0.15) is 0 Å². The Kier molecular flexibility index (Phi) is 6.01. The summed E-state index contributed by atoms with van der Waals surface area (Å²) in [6.07, 6.45) is 0.666. The summed E-state index contributed by atoms with van der Waals surface area (Å²) in [6.45, 7) is 0.289. The van der Waals surface area contributed by atoms with E-state index >= 15 is 0 Å². The van der Waals surface area contributed by atoms with Gasteiger partial charge in [0, 0.05) is 23.4 Å². The highest BCUT2D eigenvalue weighted by Crippen LogP contribution is 2.38. The number of hydrogen-bond acceptors (Lipinski definition) is 6. The van der Waals surface area contributed by atoms with Gasteiger partial charge in [-0.05, 0) is 52.4 Å². The summed E-state index contributed by atoms with van der Waals surface area (Å²) >= 11 is 1.64. The van der Waals surface area contributed by atoms with E-state index in [-0.39, 0.29) is 24.2 Å². The zero-order valence-corrected chi connectivity index (χ0v) is 17.3. The van der Waals surface area contributed by atoms with Crippen LogP contribution in [-0.2, 0) is 11.3 Å². The molecular formula is C23H21N3O4S. The van der Waals surface area contributed by atoms with Crippen LogP contribution in [0.1, 0.15) is 38.8 Å². The zero-order chi connectivity index (χ0) is 21.8. The Hall–Kier alpha value is -3.62. The first kappa shape index (κ1) is 20.6. The van der Waals surface area contributed by atoms with Crippen LogP contribution in [0.3, 0.4) is 0 Å². The fourth-order valence-electron chi connectivity index (χ4n) is 3.52. The number of phenolic OH excluding ortho intramolecular Hbond substituents is 1. The van der Waals surface area contributed by atoms with Crippen LogP contribution in [0.15, 0.2) is 71.7 Å². The van der Waals surface area contributed by atoms with E-state index in [0.717, 1.165) is 21.6 Å². The molecule has 0 radical (unpaired) electrons. The fraction of sp³-hybridized carbons (Fsp3) is 0.130. The topological polar surface area (TPSA) is 111 Å². The fourth-order valence-corrected chi connectivity index (χ4v) is 4.29. The number of aromatic hydroxyl groups is 1. The van der Waals surface area contributed by atoms with Crippen LogP contribution in [0, 0.1) is 0 Å². The minimum atomic E-state index is -0.589. The van der Waals surface area contributed by atoms with Gasteiger partial charge in [0.1, 0.15) is 11.4 Å². The molecule has 0 fully saturated rings. The molecule has 2 aromatic carbocycles. The van der Waals surface area contributed by atoms with Crippen molar-refractivity contribution in [3.8, 4) is 5.75 Å². The number of nitrogens with one attached hydrogen (secondary N) is 3. The summed E-state index contributed by atoms with van der Waals surface area (Å²) in [5.41, 5.74) is 5.03. The van der Waals surface area contributed by atoms with Crippen LogP contribution in [0.5, 0.6) is 5.75 Å². The first-order valence-corrected chi connectivity index (χ1v) is 10.6. The monoisotopic (exact) mass is 435 g/mol. The average molecular weight is 436 g/mol. The van der Waals surface area contributed by atoms with Crippen molar-refractivity contribution in [1.82, 2.24) is 16.1 Å². The molecule has 2 amide bonds. The maximum Gasteiger partial charge on any atom is 0.274 e. The van der Waals surface area contributed by atoms with E-state index in [4.69, 9.17) is 5.21 Å². The quantitative estimate of drug-likeness (QED) is 0.301. The van der Waals surface area contributed by atoms with Crippen LogP contribution in [-0.4, -0.2) is 22.1 Å². The molecule has 1 aliphatic rings. The molecular weight excluding hydrogens is 414 g/mol. The largest absolute Gasteiger partial charge is 0.508 e. The highest BCUT2D eigenvalue weighted by Gasteiger charge is 2.30. The van der Waals surface area contributed by atoms with Gasteiger partial charge in [0.05, 0.1) is 6.04 Å². The predicted octanol–water partition coefficient (Wildman–Crippen LogP) is 3.33. The summed E-state index contributed by atoms with van der Waals surface area (Å²) in [6, 6.07) is 17.5. The van der Waals surface area contributed by atoms with Crippen molar-refractivity contribution in [2.24, 2.45) is 0 Å². The van der Waals surface area contributed by atoms with E-state index in [9.17, 15) is 14.7 Å². The van der Waals surface area contributed by atoms with Crippen LogP contribution in [0.25, 0.3) is 5.57 Å². The number of benzene rings is 2. The lowest BCUT2D eigenvalue weighted by Gasteiger charge is -2.12. The Balaban J connectivity index is 1.52. The van der Waals surface area contributed by atoms with Gasteiger partial charge in [-0.1, -0.05) is 30.3 Å². The third-order valence-corrected chi connectivity index (χ3v) is 6.11. The SMILES string of the molecule is O=C(NCc1ccc(C(=O)NO)cc1)C1=C(c2ccc(O)cc2)CC(c2cccs2)N1. The third-order valence-electron chi connectivity index (χ3n) is 5.13. The summed E-state index contributed by atoms with van der Waals surface area (Å²) in [7, 11) is 0. The lowest BCUT2D eigenvalue weighted by atomic mass is 10.00. The molecule has 0 aliphatic carbocycles. The van der Waals surface area contributed by atoms with E-state index in [1.54, 1.807) is 65.3 Å². The number of carbonyl (C=O) groups excluding carboxylic acids is 2. The molecule has 1 aromatic heterocycles. The van der Waals surface area contributed by atoms with Gasteiger partial charge in [-0.25, -0.2) is 5.48 Å². The molecule has 4 rings (SSSR count). The second-order valence-electron chi connectivity index (χ2n) is 7.14. The first-order chi connectivity index (χ1) is 15.0. The second-order valence-corrected chi connectivity index (χ2v) is 8.12. The van der Waals surface area contributed by atoms with Crippen LogP contribution >= 0.6 is 11.3 Å². The summed E-state index contributed by atoms with van der Waals surface area (Å²) in [5.74, 6) is -0.636. The van der Waals surface area contributed by atoms with Gasteiger partial charge in [0.2, 0.25) is 0 Å². The Morgan fingerprint density at radius 2 is 1.77 bits per heavy atom. The van der Waals surface area contributed by atoms with E-state index in [1.807, 2.05) is 17.5 Å². The first-order valence-electron chi connectivity index (χ1n) is 9.69. The van der Waals surface area contributed by atoms with Crippen LogP contribution < -0.4 is 16.1 Å². The number of thiophene rings is 1. The average Bonchev–Trinajstić information content (AvgIpc) is 3.48. The molecule has 0 spiro atoms. The number of amides is 2. The molecule has 0 saturated heterocycles. The number of carbonyl (C=O) groups is 2. The Bertz CT molecular complexity index is 1110. The third kappa shape index (κ3) is 4.60. The number of hydrogen-bond donors (Lipinski definition) is 5. The summed E-state index contributed by atoms with van der Waals surface area (Å²) in [4.78, 5) is 25.6. The Morgan fingerprint density at radius 1 is 1.03 bits per heavy atom. The predicted molar refractivity (Wildman–Crippen MR) is 117 cm³/mol. The number of phenols is 1. The van der Waals surface area contributed by atoms with Crippen molar-refractivity contribution < 1.29 is 19.9 Å². The molecule has 1 atom stereocenters. The molecule has 1 aliphatic heterocycles. The number of rotatable bonds is 6. The van der Waals surface area contributed by atoms with E-state index in [2.05, 4.69) is 10.6 Å². The van der Waals surface area contributed by atoms with Gasteiger partial charge in [0.15, 0.2) is 0 Å². The molecule has 7 nitrogen and oxygen atoms in total. The second kappa shape index (κ2) is 9.03. The smallest absolute Gasteiger partial charge is 0.274 e. The van der Waals surface area contributed by atoms with Gasteiger partial charge in [-0.3, -0.25) is 14.8 Å². The van der Waals surface area contributed by atoms with Crippen molar-refractivity contribution >= 4 is 28.7 Å².